The molecule has 5 rings (SSSR count). The Kier molecular flexibility index (Phi) is 7.77. The maximum atomic E-state index is 13.5. The Bertz CT molecular complexity index is 1710. The predicted molar refractivity (Wildman–Crippen MR) is 150 cm³/mol. The van der Waals surface area contributed by atoms with E-state index in [9.17, 15) is 29.7 Å². The third-order valence-electron chi connectivity index (χ3n) is 6.79. The molecule has 11 nitrogen and oxygen atoms in total. The molecule has 0 fully saturated rings. The van der Waals surface area contributed by atoms with Crippen LogP contribution in [0.2, 0.25) is 0 Å². The lowest BCUT2D eigenvalue weighted by Crippen LogP contribution is -2.53. The number of nitrogens with one attached hydrogen (secondary N) is 4. The molecule has 0 radical (unpaired) electrons. The highest BCUT2D eigenvalue weighted by molar-refractivity contribution is 5.92. The summed E-state index contributed by atoms with van der Waals surface area (Å²) in [4.78, 5) is 44.5. The van der Waals surface area contributed by atoms with Gasteiger partial charge in [-0.05, 0) is 53.1 Å². The molecule has 2 unspecified atom stereocenters. The zero-order valence-electron chi connectivity index (χ0n) is 21.8. The van der Waals surface area contributed by atoms with Crippen molar-refractivity contribution in [3.05, 3.63) is 95.8 Å². The predicted octanol–water partition coefficient (Wildman–Crippen LogP) is 3.71. The number of aliphatic carboxylic acids is 1. The number of phenolic OH excluding ortho intramolecular Hbond substituents is 2. The van der Waals surface area contributed by atoms with Crippen molar-refractivity contribution in [3.63, 3.8) is 0 Å². The number of fused-ring (bicyclic) bond motifs is 2. The van der Waals surface area contributed by atoms with Gasteiger partial charge in [0.2, 0.25) is 5.91 Å². The van der Waals surface area contributed by atoms with E-state index in [4.69, 9.17) is 4.74 Å². The van der Waals surface area contributed by atoms with Crippen LogP contribution in [0, 0.1) is 0 Å². The van der Waals surface area contributed by atoms with E-state index >= 15 is 0 Å². The van der Waals surface area contributed by atoms with Gasteiger partial charge in [0.15, 0.2) is 0 Å². The van der Waals surface area contributed by atoms with E-state index in [1.807, 2.05) is 6.07 Å². The molecular formula is C30H28N4O7. The van der Waals surface area contributed by atoms with Crippen LogP contribution in [0.15, 0.2) is 79.1 Å². The van der Waals surface area contributed by atoms with E-state index in [1.165, 1.54) is 24.3 Å². The fourth-order valence-electron chi connectivity index (χ4n) is 4.70. The lowest BCUT2D eigenvalue weighted by atomic mass is 10.0. The first-order valence-electron chi connectivity index (χ1n) is 12.8. The van der Waals surface area contributed by atoms with Gasteiger partial charge in [0.05, 0.1) is 0 Å². The first-order chi connectivity index (χ1) is 19.8. The molecule has 7 N–H and O–H groups in total. The van der Waals surface area contributed by atoms with Crippen molar-refractivity contribution in [2.45, 2.75) is 31.5 Å². The van der Waals surface area contributed by atoms with Gasteiger partial charge in [0.1, 0.15) is 30.2 Å². The summed E-state index contributed by atoms with van der Waals surface area (Å²) < 4.78 is 5.31. The molecular weight excluding hydrogens is 528 g/mol. The van der Waals surface area contributed by atoms with Gasteiger partial charge in [0.25, 0.3) is 0 Å². The number of phenols is 2. The number of carbonyl (C=O) groups is 3. The highest BCUT2D eigenvalue weighted by atomic mass is 16.5. The fraction of sp³-hybridized carbons (Fsp3) is 0.167. The normalized spacial score (nSPS) is 12.6. The molecule has 0 saturated heterocycles. The number of aromatic hydroxyl groups is 2. The average Bonchev–Trinajstić information content (AvgIpc) is 3.54. The molecule has 11 heteroatoms. The van der Waals surface area contributed by atoms with Crippen LogP contribution >= 0.6 is 0 Å². The minimum Gasteiger partial charge on any atom is -0.508 e. The van der Waals surface area contributed by atoms with Crippen LogP contribution in [0.4, 0.5) is 4.79 Å². The Labute approximate surface area is 233 Å². The van der Waals surface area contributed by atoms with E-state index in [0.29, 0.717) is 27.4 Å². The molecule has 2 atom stereocenters. The van der Waals surface area contributed by atoms with Crippen molar-refractivity contribution in [2.75, 3.05) is 0 Å². The van der Waals surface area contributed by atoms with Crippen LogP contribution in [0.5, 0.6) is 11.5 Å². The largest absolute Gasteiger partial charge is 0.508 e. The number of alkyl carbamates (subject to hydrolysis) is 1. The van der Waals surface area contributed by atoms with Gasteiger partial charge in [-0.1, -0.05) is 30.3 Å². The molecule has 0 spiro atoms. The quantitative estimate of drug-likeness (QED) is 0.137. The van der Waals surface area contributed by atoms with Gasteiger partial charge in [0, 0.05) is 47.0 Å². The van der Waals surface area contributed by atoms with E-state index in [-0.39, 0.29) is 30.9 Å². The monoisotopic (exact) mass is 556 g/mol. The number of aromatic amines is 2. The third-order valence-corrected chi connectivity index (χ3v) is 6.79. The summed E-state index contributed by atoms with van der Waals surface area (Å²) in [5.41, 5.74) is 3.39. The minimum absolute atomic E-state index is 0.0109. The lowest BCUT2D eigenvalue weighted by molar-refractivity contribution is -0.142. The second-order valence-electron chi connectivity index (χ2n) is 9.65. The summed E-state index contributed by atoms with van der Waals surface area (Å²) in [6.07, 6.45) is 2.35. The molecule has 0 saturated carbocycles. The Hall–Kier alpha value is -5.45. The standard InChI is InChI=1S/C30H28N4O7/c35-20-6-8-24-22(12-20)18(14-31-24)10-26(34-30(40)41-16-17-4-2-1-3-5-17)28(37)33-27(29(38)39)11-19-15-32-25-9-7-21(36)13-23(19)25/h1-9,12-15,26-27,31-32,35-36H,10-11,16H2,(H,33,37)(H,34,40)(H,38,39). The van der Waals surface area contributed by atoms with E-state index < -0.39 is 30.1 Å². The number of carboxylic acids is 1. The van der Waals surface area contributed by atoms with Crippen molar-refractivity contribution >= 4 is 39.8 Å². The van der Waals surface area contributed by atoms with Gasteiger partial charge >= 0.3 is 12.1 Å². The van der Waals surface area contributed by atoms with Gasteiger partial charge in [-0.3, -0.25) is 4.79 Å². The highest BCUT2D eigenvalue weighted by Gasteiger charge is 2.29. The zero-order chi connectivity index (χ0) is 28.9. The second-order valence-corrected chi connectivity index (χ2v) is 9.65. The van der Waals surface area contributed by atoms with E-state index in [2.05, 4.69) is 20.6 Å². The molecule has 5 aromatic rings. The van der Waals surface area contributed by atoms with Crippen LogP contribution in [-0.4, -0.2) is 55.3 Å². The molecule has 2 amide bonds. The summed E-state index contributed by atoms with van der Waals surface area (Å²) in [6.45, 7) is -0.0207. The smallest absolute Gasteiger partial charge is 0.408 e. The number of benzene rings is 3. The number of ether oxygens (including phenoxy) is 1. The highest BCUT2D eigenvalue weighted by Crippen LogP contribution is 2.25. The number of carboxylic acid groups (broad SMARTS) is 1. The van der Waals surface area contributed by atoms with Gasteiger partial charge < -0.3 is 40.7 Å². The number of amides is 2. The van der Waals surface area contributed by atoms with Crippen LogP contribution in [0.3, 0.4) is 0 Å². The summed E-state index contributed by atoms with van der Waals surface area (Å²) in [5, 5.41) is 36.2. The van der Waals surface area contributed by atoms with Crippen LogP contribution in [0.25, 0.3) is 21.8 Å². The molecule has 210 valence electrons. The van der Waals surface area contributed by atoms with Crippen LogP contribution in [0.1, 0.15) is 16.7 Å². The first kappa shape index (κ1) is 27.1. The molecule has 2 heterocycles. The number of H-pyrrole nitrogens is 2. The first-order valence-corrected chi connectivity index (χ1v) is 12.8. The number of carbonyl (C=O) groups excluding carboxylic acids is 2. The second kappa shape index (κ2) is 11.7. The van der Waals surface area contributed by atoms with Crippen molar-refractivity contribution in [3.8, 4) is 11.5 Å². The van der Waals surface area contributed by atoms with Crippen molar-refractivity contribution in [1.29, 1.82) is 0 Å². The lowest BCUT2D eigenvalue weighted by Gasteiger charge is -2.21. The molecule has 41 heavy (non-hydrogen) atoms. The summed E-state index contributed by atoms with van der Waals surface area (Å²) in [7, 11) is 0. The van der Waals surface area contributed by atoms with Crippen LogP contribution in [-0.2, 0) is 33.8 Å². The van der Waals surface area contributed by atoms with Crippen molar-refractivity contribution in [1.82, 2.24) is 20.6 Å². The zero-order valence-corrected chi connectivity index (χ0v) is 21.8. The molecule has 0 aliphatic heterocycles. The fourth-order valence-corrected chi connectivity index (χ4v) is 4.70. The summed E-state index contributed by atoms with van der Waals surface area (Å²) in [5.74, 6) is -1.94. The number of rotatable bonds is 10. The summed E-state index contributed by atoms with van der Waals surface area (Å²) >= 11 is 0. The van der Waals surface area contributed by atoms with Gasteiger partial charge in [-0.25, -0.2) is 9.59 Å². The Balaban J connectivity index is 1.36. The number of aromatic nitrogens is 2. The van der Waals surface area contributed by atoms with E-state index in [0.717, 1.165) is 11.1 Å². The van der Waals surface area contributed by atoms with E-state index in [1.54, 1.807) is 48.8 Å². The molecule has 0 aliphatic carbocycles. The Morgan fingerprint density at radius 3 is 1.88 bits per heavy atom. The molecule has 0 aliphatic rings. The van der Waals surface area contributed by atoms with Gasteiger partial charge in [-0.2, -0.15) is 0 Å². The minimum atomic E-state index is -1.33. The number of hydrogen-bond donors (Lipinski definition) is 7. The third kappa shape index (κ3) is 6.41. The Morgan fingerprint density at radius 2 is 1.32 bits per heavy atom. The molecule has 0 bridgehead atoms. The molecule has 2 aromatic heterocycles. The van der Waals surface area contributed by atoms with Crippen molar-refractivity contribution in [2.24, 2.45) is 0 Å². The average molecular weight is 557 g/mol. The topological polar surface area (TPSA) is 177 Å². The summed E-state index contributed by atoms with van der Waals surface area (Å²) in [6, 6.07) is 15.9. The van der Waals surface area contributed by atoms with Crippen LogP contribution < -0.4 is 10.6 Å². The SMILES string of the molecule is O=C(NC(Cc1c[nH]c2ccc(O)cc12)C(=O)NC(Cc1c[nH]c2ccc(O)cc12)C(=O)O)OCc1ccccc1. The maximum absolute atomic E-state index is 13.5. The number of hydrogen-bond acceptors (Lipinski definition) is 6. The van der Waals surface area contributed by atoms with Crippen molar-refractivity contribution < 1.29 is 34.4 Å². The maximum Gasteiger partial charge on any atom is 0.408 e. The Morgan fingerprint density at radius 1 is 0.756 bits per heavy atom. The van der Waals surface area contributed by atoms with Gasteiger partial charge in [-0.15, -0.1) is 0 Å². The molecule has 3 aromatic carbocycles.